The molecule has 0 fully saturated rings. The molecule has 0 radical (unpaired) electrons. The van der Waals surface area contributed by atoms with Gasteiger partial charge in [-0.3, -0.25) is 14.4 Å². The van der Waals surface area contributed by atoms with Crippen LogP contribution in [0.5, 0.6) is 5.75 Å². The number of aryl methyl sites for hydroxylation is 1. The molecule has 0 heterocycles. The third-order valence-corrected chi connectivity index (χ3v) is 4.98. The maximum Gasteiger partial charge on any atom is 0.329 e. The summed E-state index contributed by atoms with van der Waals surface area (Å²) in [5, 5.41) is 9.10. The second-order valence-electron chi connectivity index (χ2n) is 7.82. The van der Waals surface area contributed by atoms with E-state index in [0.717, 1.165) is 17.5 Å². The number of hydrogen-bond donors (Lipinski definition) is 3. The second kappa shape index (κ2) is 12.7. The van der Waals surface area contributed by atoms with E-state index in [4.69, 9.17) is 4.74 Å². The van der Waals surface area contributed by atoms with E-state index in [2.05, 4.69) is 21.2 Å². The lowest BCUT2D eigenvalue weighted by atomic mass is 10.1. The van der Waals surface area contributed by atoms with Crippen LogP contribution in [0, 0.1) is 0 Å². The van der Waals surface area contributed by atoms with Crippen LogP contribution in [0.15, 0.2) is 84.0 Å². The second-order valence-corrected chi connectivity index (χ2v) is 7.82. The van der Waals surface area contributed by atoms with Crippen LogP contribution in [0.1, 0.15) is 31.4 Å². The molecule has 35 heavy (non-hydrogen) atoms. The fraction of sp³-hybridized carbons (Fsp3) is 0.185. The highest BCUT2D eigenvalue weighted by molar-refractivity contribution is 6.39. The first kappa shape index (κ1) is 25.2. The highest BCUT2D eigenvalue weighted by Crippen LogP contribution is 2.17. The number of anilines is 2. The Labute approximate surface area is 204 Å². The Kier molecular flexibility index (Phi) is 9.13. The Morgan fingerprint density at radius 3 is 2.06 bits per heavy atom. The van der Waals surface area contributed by atoms with E-state index in [1.165, 1.54) is 0 Å². The van der Waals surface area contributed by atoms with Crippen LogP contribution >= 0.6 is 0 Å². The van der Waals surface area contributed by atoms with Crippen LogP contribution in [0.3, 0.4) is 0 Å². The topological polar surface area (TPSA) is 109 Å². The fourth-order valence-corrected chi connectivity index (χ4v) is 3.06. The number of ether oxygens (including phenoxy) is 1. The van der Waals surface area contributed by atoms with Crippen LogP contribution in [-0.2, 0) is 27.4 Å². The van der Waals surface area contributed by atoms with Gasteiger partial charge in [0.2, 0.25) is 5.91 Å². The zero-order valence-electron chi connectivity index (χ0n) is 19.7. The summed E-state index contributed by atoms with van der Waals surface area (Å²) < 4.78 is 5.73. The Morgan fingerprint density at radius 2 is 1.40 bits per heavy atom. The van der Waals surface area contributed by atoms with Crippen LogP contribution in [0.25, 0.3) is 0 Å². The summed E-state index contributed by atoms with van der Waals surface area (Å²) >= 11 is 0. The van der Waals surface area contributed by atoms with E-state index in [1.54, 1.807) is 43.3 Å². The summed E-state index contributed by atoms with van der Waals surface area (Å²) in [6.07, 6.45) is 0.831. The molecule has 0 saturated carbocycles. The molecule has 0 spiro atoms. The van der Waals surface area contributed by atoms with Gasteiger partial charge in [0.25, 0.3) is 0 Å². The summed E-state index contributed by atoms with van der Waals surface area (Å²) in [5.74, 6) is -1.38. The maximum absolute atomic E-state index is 12.3. The minimum Gasteiger partial charge on any atom is -0.489 e. The lowest BCUT2D eigenvalue weighted by molar-refractivity contribution is -0.136. The van der Waals surface area contributed by atoms with Gasteiger partial charge in [-0.05, 0) is 60.9 Å². The lowest BCUT2D eigenvalue weighted by Gasteiger charge is -2.09. The first-order valence-corrected chi connectivity index (χ1v) is 11.2. The van der Waals surface area contributed by atoms with Crippen molar-refractivity contribution in [2.75, 3.05) is 10.6 Å². The summed E-state index contributed by atoms with van der Waals surface area (Å²) in [7, 11) is 0. The molecule has 8 nitrogen and oxygen atoms in total. The van der Waals surface area contributed by atoms with Crippen molar-refractivity contribution >= 4 is 34.8 Å². The highest BCUT2D eigenvalue weighted by atomic mass is 16.5. The molecule has 3 rings (SSSR count). The molecule has 0 aromatic heterocycles. The molecular weight excluding hydrogens is 444 g/mol. The van der Waals surface area contributed by atoms with Crippen molar-refractivity contribution in [2.45, 2.75) is 33.3 Å². The molecule has 0 aliphatic carbocycles. The number of rotatable bonds is 9. The highest BCUT2D eigenvalue weighted by Gasteiger charge is 2.13. The van der Waals surface area contributed by atoms with Gasteiger partial charge in [-0.2, -0.15) is 5.10 Å². The number of hydrazone groups is 1. The predicted octanol–water partition coefficient (Wildman–Crippen LogP) is 4.29. The van der Waals surface area contributed by atoms with Gasteiger partial charge < -0.3 is 15.4 Å². The van der Waals surface area contributed by atoms with Crippen LogP contribution in [-0.4, -0.2) is 23.4 Å². The van der Waals surface area contributed by atoms with E-state index in [-0.39, 0.29) is 12.3 Å². The Hall–Kier alpha value is -4.46. The molecule has 3 aromatic rings. The van der Waals surface area contributed by atoms with E-state index >= 15 is 0 Å². The van der Waals surface area contributed by atoms with Gasteiger partial charge in [-0.1, -0.05) is 49.4 Å². The lowest BCUT2D eigenvalue weighted by Crippen LogP contribution is -2.33. The van der Waals surface area contributed by atoms with Crippen molar-refractivity contribution in [2.24, 2.45) is 5.10 Å². The van der Waals surface area contributed by atoms with Crippen molar-refractivity contribution < 1.29 is 19.1 Å². The van der Waals surface area contributed by atoms with Crippen molar-refractivity contribution in [3.63, 3.8) is 0 Å². The molecular formula is C27H28N4O4. The average molecular weight is 473 g/mol. The minimum atomic E-state index is -0.921. The number of benzene rings is 3. The van der Waals surface area contributed by atoms with Gasteiger partial charge in [-0.15, -0.1) is 0 Å². The molecule has 3 aromatic carbocycles. The van der Waals surface area contributed by atoms with Crippen LogP contribution in [0.2, 0.25) is 0 Å². The van der Waals surface area contributed by atoms with Crippen LogP contribution < -0.4 is 20.8 Å². The quantitative estimate of drug-likeness (QED) is 0.245. The third kappa shape index (κ3) is 8.43. The largest absolute Gasteiger partial charge is 0.489 e. The molecule has 8 heteroatoms. The van der Waals surface area contributed by atoms with E-state index in [9.17, 15) is 14.4 Å². The number of hydrogen-bond acceptors (Lipinski definition) is 5. The number of nitrogens with one attached hydrogen (secondary N) is 3. The van der Waals surface area contributed by atoms with E-state index in [1.807, 2.05) is 49.4 Å². The standard InChI is InChI=1S/C27H28N4O4/c1-3-20-9-11-23(12-10-20)29-26(33)27(34)31-30-19(2)17-25(32)28-22-13-15-24(16-14-22)35-18-21-7-5-4-6-8-21/h4-16H,3,17-18H2,1-2H3,(H,28,32)(H,29,33)(H,31,34)/b30-19-. The number of amides is 3. The smallest absolute Gasteiger partial charge is 0.329 e. The number of carbonyl (C=O) groups excluding carboxylic acids is 3. The Morgan fingerprint density at radius 1 is 0.771 bits per heavy atom. The third-order valence-electron chi connectivity index (χ3n) is 4.98. The number of carbonyl (C=O) groups is 3. The minimum absolute atomic E-state index is 0.0490. The molecule has 0 bridgehead atoms. The van der Waals surface area contributed by atoms with Gasteiger partial charge >= 0.3 is 11.8 Å². The summed E-state index contributed by atoms with van der Waals surface area (Å²) in [5.41, 5.74) is 5.82. The van der Waals surface area contributed by atoms with E-state index < -0.39 is 11.8 Å². The summed E-state index contributed by atoms with van der Waals surface area (Å²) in [6, 6.07) is 24.1. The Balaban J connectivity index is 1.41. The SMILES string of the molecule is CCc1ccc(NC(=O)C(=O)N/N=C(/C)CC(=O)Nc2ccc(OCc3ccccc3)cc2)cc1. The molecule has 0 aliphatic heterocycles. The fourth-order valence-electron chi connectivity index (χ4n) is 3.06. The molecule has 3 amide bonds. The first-order chi connectivity index (χ1) is 16.9. The van der Waals surface area contributed by atoms with Crippen molar-refractivity contribution in [1.82, 2.24) is 5.43 Å². The van der Waals surface area contributed by atoms with Crippen LogP contribution in [0.4, 0.5) is 11.4 Å². The predicted molar refractivity (Wildman–Crippen MR) is 136 cm³/mol. The van der Waals surface area contributed by atoms with Crippen molar-refractivity contribution in [1.29, 1.82) is 0 Å². The van der Waals surface area contributed by atoms with Crippen molar-refractivity contribution in [3.8, 4) is 5.75 Å². The first-order valence-electron chi connectivity index (χ1n) is 11.2. The van der Waals surface area contributed by atoms with Gasteiger partial charge in [-0.25, -0.2) is 5.43 Å². The molecule has 0 atom stereocenters. The Bertz CT molecular complexity index is 1170. The molecule has 3 N–H and O–H groups in total. The molecule has 0 aliphatic rings. The van der Waals surface area contributed by atoms with Gasteiger partial charge in [0, 0.05) is 17.1 Å². The average Bonchev–Trinajstić information content (AvgIpc) is 2.87. The summed E-state index contributed by atoms with van der Waals surface area (Å²) in [4.78, 5) is 36.3. The molecule has 180 valence electrons. The summed E-state index contributed by atoms with van der Waals surface area (Å²) in [6.45, 7) is 4.07. The van der Waals surface area contributed by atoms with E-state index in [0.29, 0.717) is 29.4 Å². The van der Waals surface area contributed by atoms with Gasteiger partial charge in [0.05, 0.1) is 6.42 Å². The maximum atomic E-state index is 12.3. The van der Waals surface area contributed by atoms with Gasteiger partial charge in [0.1, 0.15) is 12.4 Å². The van der Waals surface area contributed by atoms with Crippen molar-refractivity contribution in [3.05, 3.63) is 90.0 Å². The van der Waals surface area contributed by atoms with Gasteiger partial charge in [0.15, 0.2) is 0 Å². The number of nitrogens with zero attached hydrogens (tertiary/aromatic N) is 1. The molecule has 0 unspecified atom stereocenters. The molecule has 0 saturated heterocycles. The monoisotopic (exact) mass is 472 g/mol. The normalized spacial score (nSPS) is 10.9. The zero-order chi connectivity index (χ0) is 25.0. The zero-order valence-corrected chi connectivity index (χ0v) is 19.7.